The summed E-state index contributed by atoms with van der Waals surface area (Å²) in [4.78, 5) is 38.9. The second kappa shape index (κ2) is 10.1. The first-order valence-corrected chi connectivity index (χ1v) is 12.0. The van der Waals surface area contributed by atoms with Crippen molar-refractivity contribution in [1.82, 2.24) is 10.2 Å². The predicted molar refractivity (Wildman–Crippen MR) is 129 cm³/mol. The van der Waals surface area contributed by atoms with Crippen LogP contribution >= 0.6 is 0 Å². The molecule has 0 radical (unpaired) electrons. The standard InChI is InChI=1S/C26H29N3O7/c1-15(30)28-17-4-8-21-19(10-17)26(32)29(2)20-6-5-18(36-24(20)13-33-21)11-25(31)27-12-16-3-7-22-23(9-16)35-14-34-22/h3-4,7-10,18,20,24H,5-6,11-14H2,1-2H3,(H,27,31)(H,28,30)/t18-,20+,24-/m1/s1. The number of fused-ring (bicyclic) bond motifs is 3. The molecule has 0 unspecified atom stereocenters. The van der Waals surface area contributed by atoms with Crippen LogP contribution in [0.3, 0.4) is 0 Å². The number of hydrogen-bond donors (Lipinski definition) is 2. The van der Waals surface area contributed by atoms with E-state index in [1.54, 1.807) is 30.1 Å². The number of nitrogens with one attached hydrogen (secondary N) is 2. The second-order valence-corrected chi connectivity index (χ2v) is 9.23. The minimum absolute atomic E-state index is 0.108. The molecule has 3 aliphatic heterocycles. The number of amides is 3. The van der Waals surface area contributed by atoms with E-state index in [0.717, 1.165) is 5.56 Å². The summed E-state index contributed by atoms with van der Waals surface area (Å²) in [7, 11) is 1.75. The SMILES string of the molecule is CC(=O)Nc1ccc2c(c1)C(=O)N(C)[C@H]1CC[C@H](CC(=O)NCc3ccc4c(c3)OCO4)O[C@@H]1CO2. The van der Waals surface area contributed by atoms with Gasteiger partial charge >= 0.3 is 0 Å². The summed E-state index contributed by atoms with van der Waals surface area (Å²) in [6.45, 7) is 2.26. The van der Waals surface area contributed by atoms with E-state index in [2.05, 4.69) is 10.6 Å². The molecule has 3 aliphatic rings. The maximum absolute atomic E-state index is 13.2. The number of nitrogens with zero attached hydrogens (tertiary/aromatic N) is 1. The van der Waals surface area contributed by atoms with E-state index in [0.29, 0.717) is 47.9 Å². The van der Waals surface area contributed by atoms with Crippen molar-refractivity contribution in [1.29, 1.82) is 0 Å². The molecule has 2 N–H and O–H groups in total. The third-order valence-corrected chi connectivity index (χ3v) is 6.67. The maximum Gasteiger partial charge on any atom is 0.257 e. The molecule has 10 nitrogen and oxygen atoms in total. The fourth-order valence-electron chi connectivity index (χ4n) is 4.84. The zero-order chi connectivity index (χ0) is 25.2. The van der Waals surface area contributed by atoms with Crippen molar-refractivity contribution in [3.63, 3.8) is 0 Å². The first-order valence-electron chi connectivity index (χ1n) is 12.0. The lowest BCUT2D eigenvalue weighted by Gasteiger charge is -2.42. The molecule has 0 aliphatic carbocycles. The zero-order valence-electron chi connectivity index (χ0n) is 20.2. The molecule has 190 valence electrons. The quantitative estimate of drug-likeness (QED) is 0.655. The van der Waals surface area contributed by atoms with Crippen molar-refractivity contribution in [2.45, 2.75) is 51.0 Å². The van der Waals surface area contributed by atoms with Crippen LogP contribution in [-0.2, 0) is 20.9 Å². The van der Waals surface area contributed by atoms with Crippen LogP contribution in [0.5, 0.6) is 17.2 Å². The van der Waals surface area contributed by atoms with Crippen molar-refractivity contribution >= 4 is 23.4 Å². The Morgan fingerprint density at radius 2 is 1.83 bits per heavy atom. The van der Waals surface area contributed by atoms with E-state index >= 15 is 0 Å². The van der Waals surface area contributed by atoms with Gasteiger partial charge in [0.05, 0.1) is 24.1 Å². The lowest BCUT2D eigenvalue weighted by atomic mass is 9.94. The highest BCUT2D eigenvalue weighted by Crippen LogP contribution is 2.33. The first kappa shape index (κ1) is 23.9. The Morgan fingerprint density at radius 3 is 2.67 bits per heavy atom. The van der Waals surface area contributed by atoms with Crippen LogP contribution in [0.25, 0.3) is 0 Å². The smallest absolute Gasteiger partial charge is 0.257 e. The van der Waals surface area contributed by atoms with Crippen LogP contribution < -0.4 is 24.8 Å². The largest absolute Gasteiger partial charge is 0.490 e. The van der Waals surface area contributed by atoms with Crippen LogP contribution in [0.4, 0.5) is 5.69 Å². The Bertz CT molecular complexity index is 1180. The lowest BCUT2D eigenvalue weighted by Crippen LogP contribution is -2.53. The Hall–Kier alpha value is -3.79. The maximum atomic E-state index is 13.2. The average molecular weight is 496 g/mol. The number of anilines is 1. The number of carbonyl (C=O) groups excluding carboxylic acids is 3. The van der Waals surface area contributed by atoms with Gasteiger partial charge in [-0.1, -0.05) is 6.07 Å². The molecule has 0 aromatic heterocycles. The highest BCUT2D eigenvalue weighted by molar-refractivity contribution is 5.99. The lowest BCUT2D eigenvalue weighted by molar-refractivity contribution is -0.134. The van der Waals surface area contributed by atoms with Crippen molar-refractivity contribution in [2.75, 3.05) is 25.8 Å². The molecule has 0 spiro atoms. The molecule has 2 aromatic rings. The molecule has 1 saturated heterocycles. The molecule has 2 aromatic carbocycles. The summed E-state index contributed by atoms with van der Waals surface area (Å²) < 4.78 is 22.9. The molecular weight excluding hydrogens is 466 g/mol. The Balaban J connectivity index is 1.19. The van der Waals surface area contributed by atoms with Gasteiger partial charge in [0.2, 0.25) is 18.6 Å². The molecular formula is C26H29N3O7. The number of rotatable bonds is 5. The monoisotopic (exact) mass is 495 g/mol. The first-order chi connectivity index (χ1) is 17.4. The van der Waals surface area contributed by atoms with E-state index in [4.69, 9.17) is 18.9 Å². The molecule has 5 rings (SSSR count). The fraction of sp³-hybridized carbons (Fsp3) is 0.423. The van der Waals surface area contributed by atoms with Crippen LogP contribution in [0, 0.1) is 0 Å². The van der Waals surface area contributed by atoms with Crippen molar-refractivity contribution < 1.29 is 33.3 Å². The van der Waals surface area contributed by atoms with E-state index < -0.39 is 0 Å². The van der Waals surface area contributed by atoms with E-state index in [9.17, 15) is 14.4 Å². The number of hydrogen-bond acceptors (Lipinski definition) is 7. The van der Waals surface area contributed by atoms with Crippen LogP contribution in [0.1, 0.15) is 42.1 Å². The number of ether oxygens (including phenoxy) is 4. The predicted octanol–water partition coefficient (Wildman–Crippen LogP) is 2.46. The van der Waals surface area contributed by atoms with E-state index in [1.807, 2.05) is 18.2 Å². The minimum Gasteiger partial charge on any atom is -0.490 e. The van der Waals surface area contributed by atoms with Gasteiger partial charge < -0.3 is 34.5 Å². The number of benzene rings is 2. The highest BCUT2D eigenvalue weighted by atomic mass is 16.7. The van der Waals surface area contributed by atoms with E-state index in [1.165, 1.54) is 6.92 Å². The van der Waals surface area contributed by atoms with Gasteiger partial charge in [0.1, 0.15) is 18.5 Å². The molecule has 0 bridgehead atoms. The van der Waals surface area contributed by atoms with Crippen LogP contribution in [0.15, 0.2) is 36.4 Å². The normalized spacial score (nSPS) is 22.4. The van der Waals surface area contributed by atoms with Gasteiger partial charge in [-0.05, 0) is 48.7 Å². The molecule has 3 atom stereocenters. The summed E-state index contributed by atoms with van der Waals surface area (Å²) >= 11 is 0. The summed E-state index contributed by atoms with van der Waals surface area (Å²) in [5, 5.41) is 5.64. The molecule has 10 heteroatoms. The number of carbonyl (C=O) groups is 3. The molecule has 36 heavy (non-hydrogen) atoms. The van der Waals surface area contributed by atoms with Gasteiger partial charge in [-0.3, -0.25) is 14.4 Å². The summed E-state index contributed by atoms with van der Waals surface area (Å²) in [5.74, 6) is 1.30. The third-order valence-electron chi connectivity index (χ3n) is 6.67. The van der Waals surface area contributed by atoms with Gasteiger partial charge in [-0.25, -0.2) is 0 Å². The zero-order valence-corrected chi connectivity index (χ0v) is 20.2. The van der Waals surface area contributed by atoms with Gasteiger partial charge in [0.15, 0.2) is 11.5 Å². The number of likely N-dealkylation sites (N-methyl/N-ethyl adjacent to an activating group) is 1. The van der Waals surface area contributed by atoms with Gasteiger partial charge in [-0.2, -0.15) is 0 Å². The second-order valence-electron chi connectivity index (χ2n) is 9.23. The molecule has 0 saturated carbocycles. The van der Waals surface area contributed by atoms with Gasteiger partial charge in [0.25, 0.3) is 5.91 Å². The van der Waals surface area contributed by atoms with Gasteiger partial charge in [0, 0.05) is 26.2 Å². The third kappa shape index (κ3) is 5.08. The van der Waals surface area contributed by atoms with Crippen molar-refractivity contribution in [2.24, 2.45) is 0 Å². The fourth-order valence-corrected chi connectivity index (χ4v) is 4.84. The molecule has 3 heterocycles. The van der Waals surface area contributed by atoms with Crippen LogP contribution in [-0.4, -0.2) is 61.3 Å². The van der Waals surface area contributed by atoms with Crippen molar-refractivity contribution in [3.05, 3.63) is 47.5 Å². The van der Waals surface area contributed by atoms with Gasteiger partial charge in [-0.15, -0.1) is 0 Å². The molecule has 3 amide bonds. The van der Waals surface area contributed by atoms with Crippen molar-refractivity contribution in [3.8, 4) is 17.2 Å². The average Bonchev–Trinajstić information content (AvgIpc) is 3.33. The van der Waals surface area contributed by atoms with E-state index in [-0.39, 0.29) is 55.8 Å². The van der Waals surface area contributed by atoms with Crippen LogP contribution in [0.2, 0.25) is 0 Å². The summed E-state index contributed by atoms with van der Waals surface area (Å²) in [6, 6.07) is 10.4. The Labute approximate surface area is 208 Å². The molecule has 1 fully saturated rings. The summed E-state index contributed by atoms with van der Waals surface area (Å²) in [6.07, 6.45) is 0.937. The highest BCUT2D eigenvalue weighted by Gasteiger charge is 2.39. The summed E-state index contributed by atoms with van der Waals surface area (Å²) in [5.41, 5.74) is 1.86. The topological polar surface area (TPSA) is 115 Å². The Morgan fingerprint density at radius 1 is 1.03 bits per heavy atom. The Kier molecular flexibility index (Phi) is 6.69. The minimum atomic E-state index is -0.359.